The van der Waals surface area contributed by atoms with Crippen LogP contribution in [0.4, 0.5) is 13.2 Å². The molecule has 9 heteroatoms. The Labute approximate surface area is 162 Å². The number of aliphatic imine (C=N–C) groups is 1. The number of unbranched alkanes of at least 4 members (excludes halogenated alkanes) is 1. The molecular formula is C19H26F3N3O3. The lowest BCUT2D eigenvalue weighted by Crippen LogP contribution is -2.48. The zero-order valence-corrected chi connectivity index (χ0v) is 16.1. The van der Waals surface area contributed by atoms with E-state index in [1.165, 1.54) is 13.2 Å². The first-order valence-corrected chi connectivity index (χ1v) is 9.16. The molecule has 156 valence electrons. The average molecular weight is 401 g/mol. The number of alkyl halides is 3. The topological polar surface area (TPSA) is 63.2 Å². The first-order valence-electron chi connectivity index (χ1n) is 9.16. The van der Waals surface area contributed by atoms with E-state index in [1.807, 2.05) is 4.90 Å². The highest BCUT2D eigenvalue weighted by molar-refractivity contribution is 5.80. The fourth-order valence-electron chi connectivity index (χ4n) is 2.99. The second-order valence-corrected chi connectivity index (χ2v) is 6.44. The fourth-order valence-corrected chi connectivity index (χ4v) is 2.99. The molecule has 1 aliphatic rings. The van der Waals surface area contributed by atoms with Crippen molar-refractivity contribution in [2.75, 3.05) is 40.4 Å². The quantitative estimate of drug-likeness (QED) is 0.344. The molecule has 0 radical (unpaired) electrons. The Morgan fingerprint density at radius 2 is 2.18 bits per heavy atom. The minimum absolute atomic E-state index is 0.235. The van der Waals surface area contributed by atoms with Crippen molar-refractivity contribution in [2.24, 2.45) is 4.99 Å². The number of ether oxygens (including phenoxy) is 2. The van der Waals surface area contributed by atoms with E-state index in [9.17, 15) is 18.0 Å². The van der Waals surface area contributed by atoms with E-state index in [2.05, 4.69) is 15.0 Å². The number of morpholine rings is 1. The zero-order valence-electron chi connectivity index (χ0n) is 16.1. The smallest absolute Gasteiger partial charge is 0.416 e. The molecule has 1 unspecified atom stereocenters. The van der Waals surface area contributed by atoms with Gasteiger partial charge in [0.25, 0.3) is 0 Å². The highest BCUT2D eigenvalue weighted by Gasteiger charge is 2.32. The van der Waals surface area contributed by atoms with Crippen molar-refractivity contribution in [1.29, 1.82) is 0 Å². The van der Waals surface area contributed by atoms with Gasteiger partial charge in [-0.3, -0.25) is 9.79 Å². The second-order valence-electron chi connectivity index (χ2n) is 6.44. The monoisotopic (exact) mass is 401 g/mol. The van der Waals surface area contributed by atoms with Gasteiger partial charge in [0.1, 0.15) is 6.10 Å². The van der Waals surface area contributed by atoms with Gasteiger partial charge in [-0.15, -0.1) is 0 Å². The van der Waals surface area contributed by atoms with E-state index >= 15 is 0 Å². The van der Waals surface area contributed by atoms with Crippen LogP contribution in [0.25, 0.3) is 0 Å². The van der Waals surface area contributed by atoms with Gasteiger partial charge in [-0.2, -0.15) is 13.2 Å². The van der Waals surface area contributed by atoms with E-state index in [4.69, 9.17) is 4.74 Å². The van der Waals surface area contributed by atoms with Gasteiger partial charge in [-0.25, -0.2) is 0 Å². The third kappa shape index (κ3) is 6.40. The molecule has 6 nitrogen and oxygen atoms in total. The fraction of sp³-hybridized carbons (Fsp3) is 0.579. The Balaban J connectivity index is 1.91. The number of benzene rings is 1. The number of rotatable bonds is 6. The minimum Gasteiger partial charge on any atom is -0.469 e. The summed E-state index contributed by atoms with van der Waals surface area (Å²) in [5.74, 6) is 0.430. The number of nitrogens with one attached hydrogen (secondary N) is 1. The van der Waals surface area contributed by atoms with Gasteiger partial charge >= 0.3 is 12.1 Å². The number of hydrogen-bond donors (Lipinski definition) is 1. The lowest BCUT2D eigenvalue weighted by molar-refractivity contribution is -0.140. The summed E-state index contributed by atoms with van der Waals surface area (Å²) in [5, 5.41) is 3.23. The van der Waals surface area contributed by atoms with Crippen LogP contribution in [-0.2, 0) is 20.4 Å². The SMILES string of the molecule is CN=C(NCCCCC(=O)OC)N1CCOC(c2cccc(C(F)(F)F)c2)C1. The number of methoxy groups -OCH3 is 1. The van der Waals surface area contributed by atoms with Gasteiger partial charge in [0.05, 0.1) is 25.8 Å². The normalized spacial score (nSPS) is 18.1. The molecule has 1 aromatic rings. The van der Waals surface area contributed by atoms with Gasteiger partial charge in [-0.1, -0.05) is 12.1 Å². The molecule has 1 atom stereocenters. The Morgan fingerprint density at radius 1 is 1.39 bits per heavy atom. The molecule has 2 rings (SSSR count). The molecule has 0 spiro atoms. The van der Waals surface area contributed by atoms with E-state index in [0.29, 0.717) is 50.6 Å². The molecular weight excluding hydrogens is 375 g/mol. The van der Waals surface area contributed by atoms with Gasteiger partial charge in [0, 0.05) is 26.6 Å². The summed E-state index contributed by atoms with van der Waals surface area (Å²) < 4.78 is 49.2. The van der Waals surface area contributed by atoms with Crippen LogP contribution in [-0.4, -0.2) is 57.2 Å². The Hall–Kier alpha value is -2.29. The summed E-state index contributed by atoms with van der Waals surface area (Å²) in [7, 11) is 3.02. The Kier molecular flexibility index (Phi) is 8.10. The maximum atomic E-state index is 13.0. The molecule has 1 heterocycles. The van der Waals surface area contributed by atoms with Crippen LogP contribution in [0.15, 0.2) is 29.3 Å². The average Bonchev–Trinajstić information content (AvgIpc) is 2.70. The number of hydrogen-bond acceptors (Lipinski definition) is 4. The summed E-state index contributed by atoms with van der Waals surface area (Å²) in [6.07, 6.45) is -3.01. The molecule has 0 aromatic heterocycles. The third-order valence-electron chi connectivity index (χ3n) is 4.48. The Morgan fingerprint density at radius 3 is 2.86 bits per heavy atom. The van der Waals surface area contributed by atoms with E-state index in [1.54, 1.807) is 13.1 Å². The van der Waals surface area contributed by atoms with E-state index in [0.717, 1.165) is 18.6 Å². The van der Waals surface area contributed by atoms with Crippen LogP contribution in [0.1, 0.15) is 36.5 Å². The molecule has 0 saturated carbocycles. The van der Waals surface area contributed by atoms with E-state index in [-0.39, 0.29) is 5.97 Å². The number of esters is 1. The molecule has 0 aliphatic carbocycles. The summed E-state index contributed by atoms with van der Waals surface area (Å²) >= 11 is 0. The number of carbonyl (C=O) groups excluding carboxylic acids is 1. The molecule has 1 aromatic carbocycles. The highest BCUT2D eigenvalue weighted by atomic mass is 19.4. The zero-order chi connectivity index (χ0) is 20.6. The van der Waals surface area contributed by atoms with Gasteiger partial charge < -0.3 is 19.7 Å². The van der Waals surface area contributed by atoms with Crippen molar-refractivity contribution >= 4 is 11.9 Å². The number of guanidine groups is 1. The number of halogens is 3. The molecule has 1 aliphatic heterocycles. The van der Waals surface area contributed by atoms with Crippen LogP contribution in [0.5, 0.6) is 0 Å². The van der Waals surface area contributed by atoms with Crippen molar-refractivity contribution < 1.29 is 27.4 Å². The molecule has 28 heavy (non-hydrogen) atoms. The third-order valence-corrected chi connectivity index (χ3v) is 4.48. The summed E-state index contributed by atoms with van der Waals surface area (Å²) in [5.41, 5.74) is -0.188. The van der Waals surface area contributed by atoms with Crippen molar-refractivity contribution in [3.8, 4) is 0 Å². The van der Waals surface area contributed by atoms with Crippen molar-refractivity contribution in [2.45, 2.75) is 31.5 Å². The minimum atomic E-state index is -4.38. The first-order chi connectivity index (χ1) is 13.3. The molecule has 1 N–H and O–H groups in total. The van der Waals surface area contributed by atoms with Crippen LogP contribution >= 0.6 is 0 Å². The number of carbonyl (C=O) groups is 1. The van der Waals surface area contributed by atoms with Crippen LogP contribution < -0.4 is 5.32 Å². The molecule has 1 saturated heterocycles. The predicted molar refractivity (Wildman–Crippen MR) is 98.9 cm³/mol. The lowest BCUT2D eigenvalue weighted by Gasteiger charge is -2.35. The summed E-state index contributed by atoms with van der Waals surface area (Å²) in [6.45, 7) is 2.03. The summed E-state index contributed by atoms with van der Waals surface area (Å²) in [4.78, 5) is 17.3. The standard InChI is InChI=1S/C19H26F3N3O3/c1-23-18(24-9-4-3-8-17(26)27-2)25-10-11-28-16(13-25)14-6-5-7-15(12-14)19(20,21)22/h5-7,12,16H,3-4,8-11,13H2,1-2H3,(H,23,24). The van der Waals surface area contributed by atoms with Gasteiger partial charge in [-0.05, 0) is 30.5 Å². The van der Waals surface area contributed by atoms with Crippen LogP contribution in [0.3, 0.4) is 0 Å². The summed E-state index contributed by atoms with van der Waals surface area (Å²) in [6, 6.07) is 5.23. The maximum Gasteiger partial charge on any atom is 0.416 e. The van der Waals surface area contributed by atoms with Crippen molar-refractivity contribution in [3.05, 3.63) is 35.4 Å². The first kappa shape index (κ1) is 22.0. The molecule has 0 bridgehead atoms. The van der Waals surface area contributed by atoms with Crippen molar-refractivity contribution in [3.63, 3.8) is 0 Å². The maximum absolute atomic E-state index is 13.0. The van der Waals surface area contributed by atoms with Crippen LogP contribution in [0, 0.1) is 0 Å². The molecule has 1 fully saturated rings. The lowest BCUT2D eigenvalue weighted by atomic mass is 10.0. The van der Waals surface area contributed by atoms with Gasteiger partial charge in [0.2, 0.25) is 0 Å². The number of nitrogens with zero attached hydrogens (tertiary/aromatic N) is 2. The van der Waals surface area contributed by atoms with E-state index < -0.39 is 17.8 Å². The highest BCUT2D eigenvalue weighted by Crippen LogP contribution is 2.32. The van der Waals surface area contributed by atoms with Gasteiger partial charge in [0.15, 0.2) is 5.96 Å². The Bertz CT molecular complexity index is 680. The predicted octanol–water partition coefficient (Wildman–Crippen LogP) is 3.00. The second kappa shape index (κ2) is 10.3. The van der Waals surface area contributed by atoms with Crippen molar-refractivity contribution in [1.82, 2.24) is 10.2 Å². The largest absolute Gasteiger partial charge is 0.469 e. The molecule has 0 amide bonds. The van der Waals surface area contributed by atoms with Crippen LogP contribution in [0.2, 0.25) is 0 Å².